The molecule has 9 heteroatoms. The SMILES string of the molecule is CC(=O)Nc1ccc([As](=O)(O)OO)cc1.CCOC(=O)c1ccccc1. The van der Waals surface area contributed by atoms with Crippen LogP contribution in [0.2, 0.25) is 0 Å². The van der Waals surface area contributed by atoms with Crippen molar-refractivity contribution in [3.63, 3.8) is 0 Å². The van der Waals surface area contributed by atoms with Gasteiger partial charge in [0.15, 0.2) is 0 Å². The minimum atomic E-state index is -4.76. The largest absolute Gasteiger partial charge is 0.462 e. The van der Waals surface area contributed by atoms with E-state index in [1.165, 1.54) is 31.2 Å². The van der Waals surface area contributed by atoms with Crippen LogP contribution in [0.3, 0.4) is 0 Å². The number of ether oxygens (including phenoxy) is 1. The van der Waals surface area contributed by atoms with Gasteiger partial charge in [0.1, 0.15) is 0 Å². The maximum Gasteiger partial charge on any atom is 0.338 e. The topological polar surface area (TPSA) is 122 Å². The van der Waals surface area contributed by atoms with Crippen molar-refractivity contribution in [2.24, 2.45) is 0 Å². The van der Waals surface area contributed by atoms with E-state index in [2.05, 4.69) is 9.19 Å². The maximum atomic E-state index is 11.2. The Morgan fingerprint density at radius 1 is 1.08 bits per heavy atom. The first-order chi connectivity index (χ1) is 12.3. The number of carbonyl (C=O) groups excluding carboxylic acids is 2. The van der Waals surface area contributed by atoms with Crippen LogP contribution in [-0.2, 0) is 17.1 Å². The molecule has 0 aliphatic carbocycles. The van der Waals surface area contributed by atoms with E-state index in [1.54, 1.807) is 19.1 Å². The number of hydrogen-bond donors (Lipinski definition) is 3. The summed E-state index contributed by atoms with van der Waals surface area (Å²) in [5.74, 6) is -0.494. The molecule has 0 saturated heterocycles. The van der Waals surface area contributed by atoms with Gasteiger partial charge < -0.3 is 4.74 Å². The number of hydrogen-bond acceptors (Lipinski definition) is 6. The van der Waals surface area contributed by atoms with Gasteiger partial charge in [-0.25, -0.2) is 4.79 Å². The van der Waals surface area contributed by atoms with Gasteiger partial charge in [0.2, 0.25) is 0 Å². The Morgan fingerprint density at radius 2 is 1.65 bits per heavy atom. The molecule has 1 atom stereocenters. The summed E-state index contributed by atoms with van der Waals surface area (Å²) in [6.07, 6.45) is 0. The van der Waals surface area contributed by atoms with Crippen LogP contribution in [0.25, 0.3) is 0 Å². The Hall–Kier alpha value is -2.38. The average Bonchev–Trinajstić information content (AvgIpc) is 2.63. The number of amides is 1. The van der Waals surface area contributed by atoms with E-state index in [9.17, 15) is 13.3 Å². The third-order valence-corrected chi connectivity index (χ3v) is 5.37. The molecule has 0 heterocycles. The molecule has 8 nitrogen and oxygen atoms in total. The molecule has 0 aliphatic heterocycles. The summed E-state index contributed by atoms with van der Waals surface area (Å²) < 4.78 is 28.6. The van der Waals surface area contributed by atoms with Gasteiger partial charge in [0.05, 0.1) is 12.2 Å². The first-order valence-corrected chi connectivity index (χ1v) is 10.9. The molecular formula is C17H20AsNO7. The van der Waals surface area contributed by atoms with E-state index >= 15 is 0 Å². The Bertz CT molecular complexity index is 762. The molecule has 3 N–H and O–H groups in total. The second-order valence-corrected chi connectivity index (χ2v) is 8.53. The molecule has 1 amide bonds. The van der Waals surface area contributed by atoms with E-state index in [1.807, 2.05) is 18.2 Å². The number of carbonyl (C=O) groups is 2. The number of rotatable bonds is 5. The van der Waals surface area contributed by atoms with Crippen molar-refractivity contribution in [2.45, 2.75) is 13.8 Å². The first-order valence-electron chi connectivity index (χ1n) is 7.56. The molecule has 0 spiro atoms. The van der Waals surface area contributed by atoms with Crippen molar-refractivity contribution in [3.05, 3.63) is 60.2 Å². The van der Waals surface area contributed by atoms with Crippen molar-refractivity contribution >= 4 is 36.1 Å². The number of anilines is 1. The zero-order chi connectivity index (χ0) is 19.6. The monoisotopic (exact) mass is 425 g/mol. The van der Waals surface area contributed by atoms with Crippen molar-refractivity contribution < 1.29 is 31.3 Å². The molecule has 0 bridgehead atoms. The molecule has 0 aromatic heterocycles. The minimum Gasteiger partial charge on any atom is -0.462 e. The molecular weight excluding hydrogens is 405 g/mol. The first kappa shape index (κ1) is 21.7. The molecule has 0 radical (unpaired) electrons. The minimum absolute atomic E-state index is 0.00438. The molecule has 140 valence electrons. The zero-order valence-corrected chi connectivity index (χ0v) is 16.2. The Morgan fingerprint density at radius 3 is 2.12 bits per heavy atom. The summed E-state index contributed by atoms with van der Waals surface area (Å²) in [6, 6.07) is 14.5. The Labute approximate surface area is 153 Å². The third kappa shape index (κ3) is 7.24. The van der Waals surface area contributed by atoms with E-state index in [0.29, 0.717) is 17.9 Å². The van der Waals surface area contributed by atoms with Crippen LogP contribution in [0.1, 0.15) is 24.2 Å². The average molecular weight is 425 g/mol. The van der Waals surface area contributed by atoms with E-state index in [0.717, 1.165) is 0 Å². The second-order valence-electron chi connectivity index (χ2n) is 4.92. The van der Waals surface area contributed by atoms with Crippen LogP contribution < -0.4 is 9.67 Å². The van der Waals surface area contributed by atoms with Crippen LogP contribution in [0.15, 0.2) is 54.6 Å². The quantitative estimate of drug-likeness (QED) is 0.288. The van der Waals surface area contributed by atoms with Gasteiger partial charge >= 0.3 is 94.4 Å². The Kier molecular flexibility index (Phi) is 8.81. The summed E-state index contributed by atoms with van der Waals surface area (Å²) in [5.41, 5.74) is 1.11. The van der Waals surface area contributed by atoms with Crippen molar-refractivity contribution in [1.82, 2.24) is 0 Å². The van der Waals surface area contributed by atoms with Crippen molar-refractivity contribution in [2.75, 3.05) is 11.9 Å². The molecule has 2 rings (SSSR count). The molecule has 0 fully saturated rings. The maximum absolute atomic E-state index is 11.2. The van der Waals surface area contributed by atoms with Gasteiger partial charge in [-0.15, -0.1) is 0 Å². The predicted octanol–water partition coefficient (Wildman–Crippen LogP) is 1.57. The van der Waals surface area contributed by atoms with Gasteiger partial charge in [-0.05, 0) is 19.1 Å². The molecule has 26 heavy (non-hydrogen) atoms. The standard InChI is InChI=1S/C9H10O2.C8H10AsNO5/c1-2-11-9(10)8-6-4-3-5-7-8;1-6(11)10-8-4-2-7(3-5-8)9(12,13)15-14/h3-7H,2H2,1H3;2-5,14H,1H3,(H,10,11)(H,12,13). The predicted molar refractivity (Wildman–Crippen MR) is 95.2 cm³/mol. The van der Waals surface area contributed by atoms with Gasteiger partial charge in [-0.3, -0.25) is 0 Å². The Balaban J connectivity index is 0.000000273. The molecule has 2 aromatic rings. The zero-order valence-electron chi connectivity index (χ0n) is 14.3. The molecule has 0 aliphatic rings. The fourth-order valence-corrected chi connectivity index (χ4v) is 3.07. The van der Waals surface area contributed by atoms with Crippen LogP contribution in [0, 0.1) is 0 Å². The van der Waals surface area contributed by atoms with Crippen LogP contribution >= 0.6 is 0 Å². The van der Waals surface area contributed by atoms with E-state index < -0.39 is 14.2 Å². The number of nitrogens with one attached hydrogen (secondary N) is 1. The fourth-order valence-electron chi connectivity index (χ4n) is 1.77. The third-order valence-electron chi connectivity index (χ3n) is 2.91. The van der Waals surface area contributed by atoms with Crippen molar-refractivity contribution in [3.8, 4) is 0 Å². The summed E-state index contributed by atoms with van der Waals surface area (Å²) in [6.45, 7) is 3.57. The summed E-state index contributed by atoms with van der Waals surface area (Å²) in [5, 5.41) is 10.7. The normalized spacial score (nSPS) is 12.2. The van der Waals surface area contributed by atoms with E-state index in [4.69, 9.17) is 14.1 Å². The summed E-state index contributed by atoms with van der Waals surface area (Å²) in [7, 11) is 0. The van der Waals surface area contributed by atoms with Gasteiger partial charge in [0.25, 0.3) is 0 Å². The summed E-state index contributed by atoms with van der Waals surface area (Å²) >= 11 is -4.76. The molecule has 2 aromatic carbocycles. The number of benzene rings is 2. The number of esters is 1. The molecule has 1 unspecified atom stereocenters. The van der Waals surface area contributed by atoms with Crippen LogP contribution in [0.4, 0.5) is 5.69 Å². The smallest absolute Gasteiger partial charge is 0.338 e. The van der Waals surface area contributed by atoms with Gasteiger partial charge in [0, 0.05) is 0 Å². The fraction of sp³-hybridized carbons (Fsp3) is 0.176. The second kappa shape index (κ2) is 10.6. The van der Waals surface area contributed by atoms with Gasteiger partial charge in [-0.1, -0.05) is 18.2 Å². The molecule has 0 saturated carbocycles. The van der Waals surface area contributed by atoms with E-state index in [-0.39, 0.29) is 16.2 Å². The van der Waals surface area contributed by atoms with Crippen LogP contribution in [-0.4, -0.2) is 42.0 Å². The summed E-state index contributed by atoms with van der Waals surface area (Å²) in [4.78, 5) is 21.7. The van der Waals surface area contributed by atoms with Crippen LogP contribution in [0.5, 0.6) is 0 Å². The van der Waals surface area contributed by atoms with Gasteiger partial charge in [-0.2, -0.15) is 0 Å². The van der Waals surface area contributed by atoms with Crippen molar-refractivity contribution in [1.29, 1.82) is 0 Å².